The van der Waals surface area contributed by atoms with Crippen molar-refractivity contribution >= 4 is 35.8 Å². The Bertz CT molecular complexity index is 3490. The van der Waals surface area contributed by atoms with Gasteiger partial charge in [0, 0.05) is 34.8 Å². The van der Waals surface area contributed by atoms with E-state index in [-0.39, 0.29) is 86.1 Å². The smallest absolute Gasteiger partial charge is 0.339 e. The molecule has 0 fully saturated rings. The second-order valence-electron chi connectivity index (χ2n) is 24.5. The maximum Gasteiger partial charge on any atom is 0.339 e. The Balaban J connectivity index is 0.900. The van der Waals surface area contributed by atoms with Crippen LogP contribution in [0.15, 0.2) is 170 Å². The molecule has 0 amide bonds. The second kappa shape index (κ2) is 32.6. The highest BCUT2D eigenvalue weighted by Crippen LogP contribution is 2.36. The molecule has 0 aromatic heterocycles. The van der Waals surface area contributed by atoms with E-state index in [1.807, 2.05) is 113 Å². The molecule has 19 nitrogen and oxygen atoms in total. The molecule has 0 saturated heterocycles. The molecule has 92 heavy (non-hydrogen) atoms. The Morgan fingerprint density at radius 1 is 0.359 bits per heavy atom. The predicted octanol–water partition coefficient (Wildman–Crippen LogP) is 11.2. The van der Waals surface area contributed by atoms with Gasteiger partial charge in [-0.1, -0.05) is 114 Å². The fourth-order valence-corrected chi connectivity index (χ4v) is 9.67. The molecule has 0 aliphatic carbocycles. The van der Waals surface area contributed by atoms with Gasteiger partial charge in [-0.25, -0.2) is 28.8 Å². The van der Waals surface area contributed by atoms with Gasteiger partial charge in [-0.15, -0.1) is 0 Å². The third-order valence-corrected chi connectivity index (χ3v) is 14.8. The summed E-state index contributed by atoms with van der Waals surface area (Å²) in [6.07, 6.45) is -2.70. The molecule has 0 aliphatic heterocycles. The van der Waals surface area contributed by atoms with Gasteiger partial charge in [0.15, 0.2) is 0 Å². The first-order valence-corrected chi connectivity index (χ1v) is 30.1. The number of hydrogen-bond donors (Lipinski definition) is 3. The molecule has 3 atom stereocenters. The number of benzene rings is 6. The lowest BCUT2D eigenvalue weighted by Crippen LogP contribution is -2.35. The largest absolute Gasteiger partial charge is 0.491 e. The zero-order valence-corrected chi connectivity index (χ0v) is 53.9. The normalized spacial score (nSPS) is 12.6. The van der Waals surface area contributed by atoms with Crippen LogP contribution in [0.2, 0.25) is 0 Å². The first-order valence-electron chi connectivity index (χ1n) is 30.1. The lowest BCUT2D eigenvalue weighted by atomic mass is 9.78. The minimum Gasteiger partial charge on any atom is -0.491 e. The topological polar surface area (TPSA) is 255 Å². The van der Waals surface area contributed by atoms with Gasteiger partial charge >= 0.3 is 35.8 Å². The highest BCUT2D eigenvalue weighted by Gasteiger charge is 2.30. The van der Waals surface area contributed by atoms with Gasteiger partial charge in [0.05, 0.1) is 34.5 Å². The van der Waals surface area contributed by atoms with Crippen LogP contribution in [0, 0.1) is 0 Å². The van der Waals surface area contributed by atoms with E-state index in [1.54, 1.807) is 36.4 Å². The van der Waals surface area contributed by atoms with Gasteiger partial charge in [0.25, 0.3) is 0 Å². The molecule has 0 aliphatic rings. The lowest BCUT2D eigenvalue weighted by Gasteiger charge is -2.30. The van der Waals surface area contributed by atoms with Crippen LogP contribution in [0.4, 0.5) is 0 Å². The van der Waals surface area contributed by atoms with E-state index in [9.17, 15) is 44.1 Å². The zero-order valence-electron chi connectivity index (χ0n) is 53.9. The van der Waals surface area contributed by atoms with Crippen molar-refractivity contribution in [1.29, 1.82) is 0 Å². The maximum atomic E-state index is 13.0. The molecule has 0 spiro atoms. The van der Waals surface area contributed by atoms with Crippen LogP contribution in [0.25, 0.3) is 0 Å². The highest BCUT2D eigenvalue weighted by atomic mass is 16.6. The summed E-state index contributed by atoms with van der Waals surface area (Å²) in [6, 6.07) is 42.6. The molecule has 3 N–H and O–H groups in total. The number of aliphatic hydroxyl groups excluding tert-OH is 3. The summed E-state index contributed by atoms with van der Waals surface area (Å²) >= 11 is 0. The van der Waals surface area contributed by atoms with Crippen LogP contribution < -0.4 is 18.9 Å². The summed E-state index contributed by atoms with van der Waals surface area (Å²) in [5, 5.41) is 32.6. The van der Waals surface area contributed by atoms with Crippen molar-refractivity contribution in [2.45, 2.75) is 122 Å². The van der Waals surface area contributed by atoms with Gasteiger partial charge in [-0.3, -0.25) is 0 Å². The van der Waals surface area contributed by atoms with E-state index in [0.717, 1.165) is 22.3 Å². The molecule has 3 unspecified atom stereocenters. The minimum atomic E-state index is -1.18. The molecule has 6 aromatic carbocycles. The monoisotopic (exact) mass is 1260 g/mol. The van der Waals surface area contributed by atoms with Crippen LogP contribution in [-0.2, 0) is 48.8 Å². The van der Waals surface area contributed by atoms with Crippen LogP contribution in [0.1, 0.15) is 146 Å². The quantitative estimate of drug-likeness (QED) is 0.0147. The van der Waals surface area contributed by atoms with E-state index >= 15 is 0 Å². The predicted molar refractivity (Wildman–Crippen MR) is 343 cm³/mol. The maximum absolute atomic E-state index is 13.0. The van der Waals surface area contributed by atoms with Crippen LogP contribution in [0.3, 0.4) is 0 Å². The number of carbonyl (C=O) groups is 6. The molecule has 0 radical (unpaired) electrons. The molecule has 6 aromatic rings. The standard InChI is InChI=1S/C73H84O19/c1-47(2)64(77)83-37-39-85-66(79)60-17-13-15-19-62(60)68(81)89-44-54(75)42-71(7,8)92-59-35-27-51(28-36-59)72(9,10)49-21-29-56(30-22-49)87-43-53(74)41-70(5,6)91-58-33-25-52(26-34-58)73(11,12)50-23-31-57(32-24-50)88-45-55(76)46-90-69(82)63-20-16-14-18-61(63)67(80)86-40-38-84-65(78)48(3)4/h13-36,53-55,74-76H,1,3,37-46H2,2,4-12H3. The van der Waals surface area contributed by atoms with Crippen molar-refractivity contribution in [2.24, 2.45) is 0 Å². The second-order valence-corrected chi connectivity index (χ2v) is 24.5. The van der Waals surface area contributed by atoms with Crippen LogP contribution >= 0.6 is 0 Å². The number of ether oxygens (including phenoxy) is 10. The fourth-order valence-electron chi connectivity index (χ4n) is 9.67. The van der Waals surface area contributed by atoms with Crippen molar-refractivity contribution in [3.8, 4) is 23.0 Å². The van der Waals surface area contributed by atoms with Crippen LogP contribution in [-0.4, -0.2) is 134 Å². The number of carbonyl (C=O) groups excluding carboxylic acids is 6. The first-order chi connectivity index (χ1) is 43.4. The third-order valence-electron chi connectivity index (χ3n) is 14.8. The molecule has 0 saturated carbocycles. The molecular weight excluding hydrogens is 1180 g/mol. The Labute approximate surface area is 537 Å². The average Bonchev–Trinajstić information content (AvgIpc) is 1.01. The summed E-state index contributed by atoms with van der Waals surface area (Å²) < 4.78 is 55.4. The molecule has 0 bridgehead atoms. The third kappa shape index (κ3) is 21.4. The van der Waals surface area contributed by atoms with E-state index < -0.39 is 82.8 Å². The molecule has 19 heteroatoms. The number of rotatable bonds is 34. The van der Waals surface area contributed by atoms with Crippen molar-refractivity contribution in [3.63, 3.8) is 0 Å². The Morgan fingerprint density at radius 3 is 0.935 bits per heavy atom. The summed E-state index contributed by atoms with van der Waals surface area (Å²) in [7, 11) is 0. The van der Waals surface area contributed by atoms with E-state index in [4.69, 9.17) is 47.4 Å². The van der Waals surface area contributed by atoms with Gasteiger partial charge in [-0.2, -0.15) is 0 Å². The molecular formula is C73H84O19. The van der Waals surface area contributed by atoms with Crippen molar-refractivity contribution in [3.05, 3.63) is 214 Å². The van der Waals surface area contributed by atoms with Crippen molar-refractivity contribution in [1.82, 2.24) is 0 Å². The van der Waals surface area contributed by atoms with E-state index in [1.165, 1.54) is 38.1 Å². The summed E-state index contributed by atoms with van der Waals surface area (Å²) in [5.74, 6) is -2.20. The van der Waals surface area contributed by atoms with E-state index in [0.29, 0.717) is 29.4 Å². The molecule has 0 heterocycles. The fraction of sp³-hybridized carbons (Fsp3) is 0.370. The average molecular weight is 1270 g/mol. The minimum absolute atomic E-state index is 0.0396. The SMILES string of the molecule is C=C(C)C(=O)OCCOC(=O)c1ccccc1C(=O)OCC(O)COc1ccc(C(C)(C)c2ccc(OC(C)(C)CC(O)COc3ccc(C(C)(C)c4ccc(OC(C)(C)CC(O)COC(=O)c5ccccc5C(=O)OCCOC(=O)C(=C)C)cc4)cc3)cc2)cc1. The Kier molecular flexibility index (Phi) is 25.5. The highest BCUT2D eigenvalue weighted by molar-refractivity contribution is 6.04. The Hall–Kier alpha value is -9.30. The van der Waals surface area contributed by atoms with Crippen molar-refractivity contribution in [2.75, 3.05) is 52.9 Å². The van der Waals surface area contributed by atoms with Crippen LogP contribution in [0.5, 0.6) is 23.0 Å². The number of esters is 6. The van der Waals surface area contributed by atoms with Crippen molar-refractivity contribution < 1.29 is 91.5 Å². The first kappa shape index (κ1) is 71.8. The van der Waals surface area contributed by atoms with Gasteiger partial charge < -0.3 is 62.7 Å². The summed E-state index contributed by atoms with van der Waals surface area (Å²) in [6.45, 7) is 24.1. The van der Waals surface area contributed by atoms with E-state index in [2.05, 4.69) is 40.9 Å². The van der Waals surface area contributed by atoms with Gasteiger partial charge in [-0.05, 0) is 137 Å². The Morgan fingerprint density at radius 2 is 0.620 bits per heavy atom. The lowest BCUT2D eigenvalue weighted by molar-refractivity contribution is -0.140. The summed E-state index contributed by atoms with van der Waals surface area (Å²) in [5.41, 5.74) is 1.85. The molecule has 6 rings (SSSR count). The molecule has 490 valence electrons. The van der Waals surface area contributed by atoms with Gasteiger partial charge in [0.1, 0.15) is 93.2 Å². The number of hydrogen-bond acceptors (Lipinski definition) is 19. The zero-order chi connectivity index (χ0) is 67.4. The van der Waals surface area contributed by atoms with Gasteiger partial charge in [0.2, 0.25) is 0 Å². The number of aliphatic hydroxyl groups is 3. The summed E-state index contributed by atoms with van der Waals surface area (Å²) in [4.78, 5) is 74.6.